The Kier molecular flexibility index (Phi) is 8.02. The Morgan fingerprint density at radius 1 is 0.871 bits per heavy atom. The second-order valence-electron chi connectivity index (χ2n) is 8.36. The minimum Gasteiger partial charge on any atom is -1.00 e. The van der Waals surface area contributed by atoms with E-state index < -0.39 is 20.1 Å². The van der Waals surface area contributed by atoms with E-state index in [1.165, 1.54) is 22.3 Å². The second-order valence-corrected chi connectivity index (χ2v) is 22.5. The zero-order chi connectivity index (χ0) is 20.0. The van der Waals surface area contributed by atoms with E-state index in [9.17, 15) is 0 Å². The summed E-state index contributed by atoms with van der Waals surface area (Å²) in [5.74, 6) is 0.576. The standard InChI is InChI=1S/C18H17.C9H7.2ClH.Hf.H2Si/c1-13-6-5-7-15(10-13)12-16-11-14(2)17-8-3-4-9-18(16)17;1-2-5-9-7-3-6-8(9)4-1;;;;/h3-10,14H,12H2,1-2H3;1-7H;2*1H;;1H2/q;;;;+2;/p-2. The minimum atomic E-state index is -2.08. The quantitative estimate of drug-likeness (QED) is 0.358. The molecule has 0 nitrogen and oxygen atoms in total. The number of halogens is 2. The second kappa shape index (κ2) is 10.2. The van der Waals surface area contributed by atoms with Crippen molar-refractivity contribution in [3.63, 3.8) is 0 Å². The monoisotopic (exact) mass is 628 g/mol. The van der Waals surface area contributed by atoms with Gasteiger partial charge in [-0.25, -0.2) is 0 Å². The van der Waals surface area contributed by atoms with Crippen LogP contribution in [0.2, 0.25) is 0 Å². The van der Waals surface area contributed by atoms with Crippen LogP contribution in [0.25, 0.3) is 11.6 Å². The largest absolute Gasteiger partial charge is 1.00 e. The first kappa shape index (κ1) is 24.4. The molecule has 3 aromatic carbocycles. The molecule has 0 aromatic heterocycles. The van der Waals surface area contributed by atoms with Crippen LogP contribution in [-0.4, -0.2) is 6.94 Å². The van der Waals surface area contributed by atoms with E-state index in [4.69, 9.17) is 0 Å². The molecule has 2 atom stereocenters. The molecule has 2 aliphatic rings. The number of fused-ring (bicyclic) bond motifs is 2. The molecule has 0 saturated carbocycles. The van der Waals surface area contributed by atoms with E-state index in [2.05, 4.69) is 106 Å². The van der Waals surface area contributed by atoms with E-state index in [-0.39, 0.29) is 24.8 Å². The van der Waals surface area contributed by atoms with Gasteiger partial charge in [0.1, 0.15) is 0 Å². The number of rotatable bonds is 4. The molecule has 5 rings (SSSR count). The van der Waals surface area contributed by atoms with Gasteiger partial charge in [-0.3, -0.25) is 0 Å². The van der Waals surface area contributed by atoms with E-state index >= 15 is 0 Å². The first-order valence-electron chi connectivity index (χ1n) is 10.5. The molecular formula is C27H26Cl2HfSi. The SMILES string of the molecule is Cc1cccc(CC2=[C]([Hf+2](=[SiH2])[CH]3C=Cc4ccccc43)C(C)c3ccccc32)c1.[Cl-].[Cl-]. The van der Waals surface area contributed by atoms with Gasteiger partial charge in [-0.2, -0.15) is 0 Å². The van der Waals surface area contributed by atoms with E-state index in [1.54, 1.807) is 16.7 Å². The summed E-state index contributed by atoms with van der Waals surface area (Å²) in [6.45, 7) is 7.05. The van der Waals surface area contributed by atoms with E-state index in [0.29, 0.717) is 9.59 Å². The van der Waals surface area contributed by atoms with Crippen LogP contribution in [0.15, 0.2) is 82.2 Å². The number of hydrogen-bond donors (Lipinski definition) is 0. The predicted molar refractivity (Wildman–Crippen MR) is 123 cm³/mol. The third-order valence-electron chi connectivity index (χ3n) is 6.49. The summed E-state index contributed by atoms with van der Waals surface area (Å²) in [5, 5.41) is 0. The molecule has 4 heteroatoms. The Morgan fingerprint density at radius 2 is 1.58 bits per heavy atom. The van der Waals surface area contributed by atoms with Crippen molar-refractivity contribution in [1.29, 1.82) is 0 Å². The summed E-state index contributed by atoms with van der Waals surface area (Å²) in [6, 6.07) is 27.3. The van der Waals surface area contributed by atoms with Gasteiger partial charge in [0.2, 0.25) is 0 Å². The maximum Gasteiger partial charge on any atom is -1.00 e. The van der Waals surface area contributed by atoms with E-state index in [0.717, 1.165) is 6.42 Å². The van der Waals surface area contributed by atoms with Gasteiger partial charge >= 0.3 is 184 Å². The van der Waals surface area contributed by atoms with Gasteiger partial charge in [-0.1, -0.05) is 0 Å². The summed E-state index contributed by atoms with van der Waals surface area (Å²) in [4.78, 5) is 0. The van der Waals surface area contributed by atoms with Gasteiger partial charge in [0.15, 0.2) is 0 Å². The number of aryl methyl sites for hydroxylation is 1. The van der Waals surface area contributed by atoms with Crippen molar-refractivity contribution in [3.8, 4) is 0 Å². The maximum atomic E-state index is 2.52. The van der Waals surface area contributed by atoms with Crippen molar-refractivity contribution in [2.45, 2.75) is 29.9 Å². The van der Waals surface area contributed by atoms with Crippen LogP contribution in [0.3, 0.4) is 0 Å². The Bertz CT molecular complexity index is 1200. The molecule has 3 aromatic rings. The summed E-state index contributed by atoms with van der Waals surface area (Å²) in [5.41, 5.74) is 10.5. The normalized spacial score (nSPS) is 17.8. The summed E-state index contributed by atoms with van der Waals surface area (Å²) < 4.78 is 2.54. The average Bonchev–Trinajstić information content (AvgIpc) is 3.28. The first-order valence-corrected chi connectivity index (χ1v) is 22.7. The van der Waals surface area contributed by atoms with Gasteiger partial charge in [0, 0.05) is 0 Å². The van der Waals surface area contributed by atoms with Crippen molar-refractivity contribution in [1.82, 2.24) is 0 Å². The van der Waals surface area contributed by atoms with Crippen LogP contribution >= 0.6 is 0 Å². The molecule has 0 amide bonds. The third-order valence-corrected chi connectivity index (χ3v) is 22.8. The smallest absolute Gasteiger partial charge is 1.00 e. The molecule has 2 unspecified atom stereocenters. The molecule has 0 fully saturated rings. The molecule has 0 saturated heterocycles. The van der Waals surface area contributed by atoms with Crippen molar-refractivity contribution < 1.29 is 44.9 Å². The van der Waals surface area contributed by atoms with Crippen molar-refractivity contribution in [2.24, 2.45) is 0 Å². The Morgan fingerprint density at radius 3 is 2.35 bits per heavy atom. The van der Waals surface area contributed by atoms with E-state index in [1.807, 2.05) is 3.33 Å². The number of benzene rings is 3. The summed E-state index contributed by atoms with van der Waals surface area (Å²) in [6.07, 6.45) is 5.96. The predicted octanol–water partition coefficient (Wildman–Crippen LogP) is 0.00832. The Hall–Kier alpha value is -1.19. The Balaban J connectivity index is 0.00000136. The maximum absolute atomic E-state index is 2.52. The first-order chi connectivity index (χ1) is 14.1. The molecule has 0 N–H and O–H groups in total. The molecule has 0 aliphatic heterocycles. The minimum absolute atomic E-state index is 0. The molecule has 0 spiro atoms. The topological polar surface area (TPSA) is 0 Å². The van der Waals surface area contributed by atoms with Gasteiger partial charge in [0.25, 0.3) is 0 Å². The van der Waals surface area contributed by atoms with Gasteiger partial charge < -0.3 is 24.8 Å². The molecule has 156 valence electrons. The molecule has 0 heterocycles. The van der Waals surface area contributed by atoms with Gasteiger partial charge in [0.05, 0.1) is 0 Å². The molecule has 0 bridgehead atoms. The van der Waals surface area contributed by atoms with Crippen LogP contribution in [0.1, 0.15) is 49.9 Å². The average molecular weight is 628 g/mol. The summed E-state index contributed by atoms with van der Waals surface area (Å²) in [7, 11) is 0. The van der Waals surface area contributed by atoms with Crippen molar-refractivity contribution in [2.75, 3.05) is 0 Å². The van der Waals surface area contributed by atoms with Crippen molar-refractivity contribution in [3.05, 3.63) is 116 Å². The zero-order valence-electron chi connectivity index (χ0n) is 17.9. The van der Waals surface area contributed by atoms with Gasteiger partial charge in [-0.05, 0) is 0 Å². The fraction of sp³-hybridized carbons (Fsp3) is 0.185. The van der Waals surface area contributed by atoms with Crippen LogP contribution in [0, 0.1) is 6.92 Å². The molecular weight excluding hydrogens is 602 g/mol. The van der Waals surface area contributed by atoms with Gasteiger partial charge in [-0.15, -0.1) is 0 Å². The number of hydrogen-bond acceptors (Lipinski definition) is 0. The van der Waals surface area contributed by atoms with Crippen LogP contribution < -0.4 is 24.8 Å². The summed E-state index contributed by atoms with van der Waals surface area (Å²) >= 11 is -2.08. The fourth-order valence-corrected chi connectivity index (χ4v) is 21.7. The third kappa shape index (κ3) is 4.50. The van der Waals surface area contributed by atoms with Crippen LogP contribution in [-0.2, 0) is 26.5 Å². The fourth-order valence-electron chi connectivity index (χ4n) is 5.12. The van der Waals surface area contributed by atoms with Crippen LogP contribution in [0.4, 0.5) is 0 Å². The zero-order valence-corrected chi connectivity index (χ0v) is 24.4. The number of allylic oxidation sites excluding steroid dienone is 3. The molecule has 2 aliphatic carbocycles. The molecule has 31 heavy (non-hydrogen) atoms. The Labute approximate surface area is 207 Å². The molecule has 0 radical (unpaired) electrons. The van der Waals surface area contributed by atoms with Crippen LogP contribution in [0.5, 0.6) is 0 Å². The van der Waals surface area contributed by atoms with Crippen molar-refractivity contribution >= 4 is 18.6 Å².